The largest absolute Gasteiger partial charge is 0.460 e. The summed E-state index contributed by atoms with van der Waals surface area (Å²) in [5.41, 5.74) is -1.63. The van der Waals surface area contributed by atoms with Crippen LogP contribution >= 0.6 is 0 Å². The number of esters is 1. The van der Waals surface area contributed by atoms with E-state index < -0.39 is 46.1 Å². The normalized spacial score (nSPS) is 14.2. The first kappa shape index (κ1) is 21.4. The number of halogens is 3. The first-order valence-electron chi connectivity index (χ1n) is 7.23. The lowest BCUT2D eigenvalue weighted by molar-refractivity contribution is -0.155. The number of nitrogens with two attached hydrogens (primary N) is 1. The maximum atomic E-state index is 12.9. The van der Waals surface area contributed by atoms with Crippen LogP contribution in [0.25, 0.3) is 0 Å². The summed E-state index contributed by atoms with van der Waals surface area (Å²) in [7, 11) is -4.31. The van der Waals surface area contributed by atoms with Gasteiger partial charge in [0.05, 0.1) is 18.6 Å². The Morgan fingerprint density at radius 2 is 1.84 bits per heavy atom. The third-order valence-corrected chi connectivity index (χ3v) is 3.42. The molecule has 0 saturated carbocycles. The minimum atomic E-state index is -4.58. The van der Waals surface area contributed by atoms with E-state index in [4.69, 9.17) is 9.88 Å². The van der Waals surface area contributed by atoms with Crippen LogP contribution in [0.4, 0.5) is 13.2 Å². The Morgan fingerprint density at radius 3 is 2.32 bits per heavy atom. The van der Waals surface area contributed by atoms with E-state index in [1.807, 2.05) is 0 Å². The van der Waals surface area contributed by atoms with E-state index in [0.29, 0.717) is 0 Å². The third-order valence-electron chi connectivity index (χ3n) is 2.95. The van der Waals surface area contributed by atoms with Crippen molar-refractivity contribution in [2.45, 2.75) is 44.9 Å². The molecule has 2 N–H and O–H groups in total. The quantitative estimate of drug-likeness (QED) is 0.762. The monoisotopic (exact) mass is 383 g/mol. The summed E-state index contributed by atoms with van der Waals surface area (Å²) in [6.45, 7) is 4.31. The summed E-state index contributed by atoms with van der Waals surface area (Å²) in [5, 5.41) is 4.75. The maximum Gasteiger partial charge on any atom is 0.416 e. The average Bonchev–Trinajstić information content (AvgIpc) is 2.39. The average molecular weight is 383 g/mol. The van der Waals surface area contributed by atoms with Gasteiger partial charge in [-0.15, -0.1) is 0 Å². The third kappa shape index (κ3) is 8.32. The van der Waals surface area contributed by atoms with Gasteiger partial charge in [0.2, 0.25) is 0 Å². The molecule has 0 fully saturated rings. The van der Waals surface area contributed by atoms with E-state index >= 15 is 0 Å². The van der Waals surface area contributed by atoms with E-state index in [2.05, 4.69) is 4.18 Å². The van der Waals surface area contributed by atoms with Crippen molar-refractivity contribution >= 4 is 16.3 Å². The molecular formula is C15H20F3NO5S. The van der Waals surface area contributed by atoms with Crippen molar-refractivity contribution in [3.05, 3.63) is 35.4 Å². The predicted octanol–water partition coefficient (Wildman–Crippen LogP) is 2.74. The Kier molecular flexibility index (Phi) is 6.60. The fraction of sp³-hybridized carbons (Fsp3) is 0.533. The molecule has 10 heteroatoms. The Bertz CT molecular complexity index is 711. The molecule has 0 saturated heterocycles. The van der Waals surface area contributed by atoms with E-state index in [1.54, 1.807) is 20.8 Å². The van der Waals surface area contributed by atoms with Gasteiger partial charge in [0.15, 0.2) is 0 Å². The van der Waals surface area contributed by atoms with Crippen molar-refractivity contribution in [1.82, 2.24) is 0 Å². The van der Waals surface area contributed by atoms with Crippen molar-refractivity contribution in [2.75, 3.05) is 6.61 Å². The summed E-state index contributed by atoms with van der Waals surface area (Å²) in [6.07, 6.45) is -4.94. The van der Waals surface area contributed by atoms with Crippen molar-refractivity contribution < 1.29 is 35.3 Å². The molecule has 0 amide bonds. The highest BCUT2D eigenvalue weighted by Crippen LogP contribution is 2.32. The predicted molar refractivity (Wildman–Crippen MR) is 83.7 cm³/mol. The summed E-state index contributed by atoms with van der Waals surface area (Å²) in [5.74, 6) is -1.68. The van der Waals surface area contributed by atoms with Crippen molar-refractivity contribution in [3.63, 3.8) is 0 Å². The maximum absolute atomic E-state index is 12.9. The van der Waals surface area contributed by atoms with Gasteiger partial charge >= 0.3 is 22.4 Å². The molecule has 25 heavy (non-hydrogen) atoms. The zero-order chi connectivity index (χ0) is 19.5. The van der Waals surface area contributed by atoms with Gasteiger partial charge in [0.1, 0.15) is 5.60 Å². The zero-order valence-corrected chi connectivity index (χ0v) is 14.8. The highest BCUT2D eigenvalue weighted by molar-refractivity contribution is 7.84. The topological polar surface area (TPSA) is 95.7 Å². The molecule has 0 radical (unpaired) electrons. The number of alkyl halides is 3. The summed E-state index contributed by atoms with van der Waals surface area (Å²) in [4.78, 5) is 12.0. The lowest BCUT2D eigenvalue weighted by Gasteiger charge is -2.22. The lowest BCUT2D eigenvalue weighted by Crippen LogP contribution is -2.27. The van der Waals surface area contributed by atoms with Gasteiger partial charge in [-0.25, -0.2) is 5.14 Å². The number of carbonyl (C=O) groups excluding carboxylic acids is 1. The molecule has 0 heterocycles. The molecule has 6 nitrogen and oxygen atoms in total. The van der Waals surface area contributed by atoms with Crippen LogP contribution in [0.3, 0.4) is 0 Å². The van der Waals surface area contributed by atoms with Crippen molar-refractivity contribution in [3.8, 4) is 0 Å². The number of rotatable bonds is 6. The molecule has 0 aliphatic heterocycles. The number of ether oxygens (including phenoxy) is 1. The van der Waals surface area contributed by atoms with E-state index in [9.17, 15) is 26.4 Å². The number of benzene rings is 1. The standard InChI is InChI=1S/C15H20F3NO5S/c1-14(2,3)24-13(20)8-11(9-23-25(19,21)22)10-5-4-6-12(7-10)15(16,17)18/h4-7,11H,8-9H2,1-3H3,(H2,19,21,22). The SMILES string of the molecule is CC(C)(C)OC(=O)CC(COS(N)(=O)=O)c1cccc(C(F)(F)F)c1. The van der Waals surface area contributed by atoms with Gasteiger partial charge in [-0.3, -0.25) is 8.98 Å². The van der Waals surface area contributed by atoms with Crippen molar-refractivity contribution in [1.29, 1.82) is 0 Å². The smallest absolute Gasteiger partial charge is 0.416 e. The molecule has 0 spiro atoms. The first-order chi connectivity index (χ1) is 11.2. The van der Waals surface area contributed by atoms with Gasteiger partial charge in [0.25, 0.3) is 0 Å². The zero-order valence-electron chi connectivity index (χ0n) is 14.0. The number of hydrogen-bond acceptors (Lipinski definition) is 5. The Labute approximate surface area is 144 Å². The van der Waals surface area contributed by atoms with Gasteiger partial charge in [-0.1, -0.05) is 18.2 Å². The second-order valence-electron chi connectivity index (χ2n) is 6.39. The highest BCUT2D eigenvalue weighted by atomic mass is 32.2. The van der Waals surface area contributed by atoms with Crippen LogP contribution in [0.1, 0.15) is 44.2 Å². The summed E-state index contributed by atoms with van der Waals surface area (Å²) in [6, 6.07) is 4.21. The van der Waals surface area contributed by atoms with Crippen LogP contribution in [0, 0.1) is 0 Å². The number of hydrogen-bond donors (Lipinski definition) is 1. The fourth-order valence-electron chi connectivity index (χ4n) is 2.00. The number of carbonyl (C=O) groups is 1. The van der Waals surface area contributed by atoms with E-state index in [0.717, 1.165) is 18.2 Å². The molecule has 0 aliphatic rings. The molecule has 0 bridgehead atoms. The van der Waals surface area contributed by atoms with Gasteiger partial charge in [-0.2, -0.15) is 21.6 Å². The van der Waals surface area contributed by atoms with E-state index in [-0.39, 0.29) is 12.0 Å². The van der Waals surface area contributed by atoms with Gasteiger partial charge < -0.3 is 4.74 Å². The van der Waals surface area contributed by atoms with Gasteiger partial charge in [-0.05, 0) is 32.4 Å². The Hall–Kier alpha value is -1.65. The minimum Gasteiger partial charge on any atom is -0.460 e. The van der Waals surface area contributed by atoms with Gasteiger partial charge in [0, 0.05) is 5.92 Å². The highest BCUT2D eigenvalue weighted by Gasteiger charge is 2.31. The van der Waals surface area contributed by atoms with Crippen LogP contribution in [0.2, 0.25) is 0 Å². The molecule has 1 aromatic rings. The van der Waals surface area contributed by atoms with Crippen LogP contribution in [-0.2, 0) is 30.2 Å². The molecule has 1 rings (SSSR count). The molecule has 142 valence electrons. The second kappa shape index (κ2) is 7.71. The fourth-order valence-corrected chi connectivity index (χ4v) is 2.36. The molecular weight excluding hydrogens is 363 g/mol. The molecule has 0 aromatic heterocycles. The van der Waals surface area contributed by atoms with Crippen molar-refractivity contribution in [2.24, 2.45) is 5.14 Å². The van der Waals surface area contributed by atoms with Crippen LogP contribution in [-0.4, -0.2) is 26.6 Å². The molecule has 1 atom stereocenters. The molecule has 1 unspecified atom stereocenters. The molecule has 1 aromatic carbocycles. The van der Waals surface area contributed by atoms with Crippen LogP contribution in [0.15, 0.2) is 24.3 Å². The Balaban J connectivity index is 3.08. The van der Waals surface area contributed by atoms with Crippen LogP contribution in [0.5, 0.6) is 0 Å². The second-order valence-corrected chi connectivity index (χ2v) is 7.61. The first-order valence-corrected chi connectivity index (χ1v) is 8.71. The Morgan fingerprint density at radius 1 is 1.24 bits per heavy atom. The summed E-state index contributed by atoms with van der Waals surface area (Å²) >= 11 is 0. The van der Waals surface area contributed by atoms with Crippen LogP contribution < -0.4 is 5.14 Å². The van der Waals surface area contributed by atoms with E-state index in [1.165, 1.54) is 6.07 Å². The molecule has 0 aliphatic carbocycles. The lowest BCUT2D eigenvalue weighted by atomic mass is 9.95. The minimum absolute atomic E-state index is 0.0873. The summed E-state index contributed by atoms with van der Waals surface area (Å²) < 4.78 is 70.1.